The molecule has 0 saturated heterocycles. The maximum atomic E-state index is 11.0. The molecule has 0 radical (unpaired) electrons. The molecule has 0 aliphatic carbocycles. The molecule has 13 heavy (non-hydrogen) atoms. The third-order valence-electron chi connectivity index (χ3n) is 1.41. The molecule has 68 valence electrons. The first-order valence-electron chi connectivity index (χ1n) is 4.13. The molecule has 0 atom stereocenters. The van der Waals surface area contributed by atoms with Crippen molar-refractivity contribution in [2.75, 3.05) is 0 Å². The van der Waals surface area contributed by atoms with Crippen molar-refractivity contribution in [1.82, 2.24) is 0 Å². The van der Waals surface area contributed by atoms with Crippen molar-refractivity contribution in [3.05, 3.63) is 37.0 Å². The lowest BCUT2D eigenvalue weighted by Gasteiger charge is -1.94. The van der Waals surface area contributed by atoms with Crippen LogP contribution >= 0.6 is 0 Å². The summed E-state index contributed by atoms with van der Waals surface area (Å²) in [5, 5.41) is 0. The van der Waals surface area contributed by atoms with Gasteiger partial charge in [-0.15, -0.1) is 0 Å². The maximum Gasteiger partial charge on any atom is 0.205 e. The van der Waals surface area contributed by atoms with Crippen LogP contribution < -0.4 is 0 Å². The minimum atomic E-state index is -0.0318. The largest absolute Gasteiger partial charge is 0.285 e. The summed E-state index contributed by atoms with van der Waals surface area (Å²) in [6, 6.07) is 0. The van der Waals surface area contributed by atoms with Gasteiger partial charge >= 0.3 is 0 Å². The second-order valence-corrected chi connectivity index (χ2v) is 2.55. The van der Waals surface area contributed by atoms with Crippen LogP contribution in [-0.2, 0) is 4.79 Å². The van der Waals surface area contributed by atoms with E-state index in [2.05, 4.69) is 25.0 Å². The van der Waals surface area contributed by atoms with Gasteiger partial charge < -0.3 is 0 Å². The predicted molar refractivity (Wildman–Crippen MR) is 56.2 cm³/mol. The first-order valence-corrected chi connectivity index (χ1v) is 4.13. The molecule has 0 aliphatic heterocycles. The van der Waals surface area contributed by atoms with Gasteiger partial charge in [0, 0.05) is 6.42 Å². The smallest absolute Gasteiger partial charge is 0.205 e. The van der Waals surface area contributed by atoms with Gasteiger partial charge in [0.05, 0.1) is 0 Å². The summed E-state index contributed by atoms with van der Waals surface area (Å²) in [4.78, 5) is 11.0. The number of allylic oxidation sites excluding steroid dienone is 4. The van der Waals surface area contributed by atoms with Crippen molar-refractivity contribution in [1.29, 1.82) is 0 Å². The average Bonchev–Trinajstić information content (AvgIpc) is 2.12. The maximum absolute atomic E-state index is 11.0. The lowest BCUT2D eigenvalue weighted by atomic mass is 10.1. The summed E-state index contributed by atoms with van der Waals surface area (Å²) in [5.74, 6) is 5.02. The Labute approximate surface area is 79.8 Å². The average molecular weight is 174 g/mol. The van der Waals surface area contributed by atoms with Gasteiger partial charge in [-0.3, -0.25) is 4.79 Å². The zero-order valence-electron chi connectivity index (χ0n) is 7.97. The third kappa shape index (κ3) is 6.83. The Morgan fingerprint density at radius 1 is 1.46 bits per heavy atom. The van der Waals surface area contributed by atoms with Gasteiger partial charge in [0.15, 0.2) is 0 Å². The minimum Gasteiger partial charge on any atom is -0.285 e. The molecular formula is C12H14O. The summed E-state index contributed by atoms with van der Waals surface area (Å²) >= 11 is 0. The van der Waals surface area contributed by atoms with Gasteiger partial charge in [0.25, 0.3) is 0 Å². The molecule has 0 saturated carbocycles. The second-order valence-electron chi connectivity index (χ2n) is 2.55. The van der Waals surface area contributed by atoms with E-state index < -0.39 is 0 Å². The first-order chi connectivity index (χ1) is 6.20. The van der Waals surface area contributed by atoms with Crippen molar-refractivity contribution in [3.63, 3.8) is 0 Å². The van der Waals surface area contributed by atoms with E-state index in [0.717, 1.165) is 5.57 Å². The Bertz CT molecular complexity index is 284. The lowest BCUT2D eigenvalue weighted by Crippen LogP contribution is -1.92. The Morgan fingerprint density at radius 2 is 2.15 bits per heavy atom. The number of carbonyl (C=O) groups excluding carboxylic acids is 1. The monoisotopic (exact) mass is 174 g/mol. The Balaban J connectivity index is 3.80. The van der Waals surface area contributed by atoms with Crippen molar-refractivity contribution >= 4 is 5.78 Å². The Morgan fingerprint density at radius 3 is 2.69 bits per heavy atom. The molecule has 0 N–H and O–H groups in total. The molecular weight excluding hydrogens is 160 g/mol. The molecule has 0 aromatic heterocycles. The fraction of sp³-hybridized carbons (Fsp3) is 0.250. The normalized spacial score (nSPS) is 9.00. The second kappa shape index (κ2) is 7.12. The number of hydrogen-bond donors (Lipinski definition) is 0. The van der Waals surface area contributed by atoms with Crippen molar-refractivity contribution in [2.24, 2.45) is 0 Å². The zero-order valence-corrected chi connectivity index (χ0v) is 7.97. The molecule has 0 amide bonds. The number of ketones is 1. The van der Waals surface area contributed by atoms with Crippen molar-refractivity contribution < 1.29 is 4.79 Å². The summed E-state index contributed by atoms with van der Waals surface area (Å²) in [5.41, 5.74) is 0.922. The molecule has 0 aliphatic rings. The summed E-state index contributed by atoms with van der Waals surface area (Å²) in [6.45, 7) is 8.99. The molecule has 0 heterocycles. The van der Waals surface area contributed by atoms with E-state index in [4.69, 9.17) is 0 Å². The Hall–Kier alpha value is -1.55. The summed E-state index contributed by atoms with van der Waals surface area (Å²) in [7, 11) is 0. The van der Waals surface area contributed by atoms with Crippen molar-refractivity contribution in [3.8, 4) is 11.8 Å². The highest BCUT2D eigenvalue weighted by Crippen LogP contribution is 2.04. The number of rotatable bonds is 5. The van der Waals surface area contributed by atoms with Gasteiger partial charge in [-0.05, 0) is 19.3 Å². The van der Waals surface area contributed by atoms with Crippen LogP contribution in [0.15, 0.2) is 37.0 Å². The molecule has 0 aromatic carbocycles. The van der Waals surface area contributed by atoms with Crippen LogP contribution in [0.2, 0.25) is 0 Å². The minimum absolute atomic E-state index is 0.0318. The van der Waals surface area contributed by atoms with Crippen LogP contribution in [0.25, 0.3) is 0 Å². The van der Waals surface area contributed by atoms with Crippen LogP contribution in [0, 0.1) is 11.8 Å². The highest BCUT2D eigenvalue weighted by atomic mass is 16.1. The fourth-order valence-corrected chi connectivity index (χ4v) is 0.763. The highest BCUT2D eigenvalue weighted by Gasteiger charge is 1.96. The molecule has 1 nitrogen and oxygen atoms in total. The van der Waals surface area contributed by atoms with E-state index in [9.17, 15) is 4.79 Å². The van der Waals surface area contributed by atoms with Crippen LogP contribution in [0.4, 0.5) is 0 Å². The molecule has 0 bridgehead atoms. The van der Waals surface area contributed by atoms with E-state index in [1.54, 1.807) is 19.1 Å². The van der Waals surface area contributed by atoms with Crippen LogP contribution in [0.5, 0.6) is 0 Å². The van der Waals surface area contributed by atoms with Crippen LogP contribution in [0.1, 0.15) is 19.8 Å². The zero-order chi connectivity index (χ0) is 10.1. The van der Waals surface area contributed by atoms with E-state index in [1.807, 2.05) is 6.08 Å². The molecule has 1 heteroatoms. The lowest BCUT2D eigenvalue weighted by molar-refractivity contribution is -0.113. The first kappa shape index (κ1) is 11.4. The van der Waals surface area contributed by atoms with Crippen molar-refractivity contribution in [2.45, 2.75) is 19.8 Å². The van der Waals surface area contributed by atoms with Crippen LogP contribution in [-0.4, -0.2) is 5.78 Å². The van der Waals surface area contributed by atoms with Gasteiger partial charge in [0.1, 0.15) is 0 Å². The SMILES string of the molecule is C=C/C=C\C(=C)CCC(=O)C#CC. The number of hydrogen-bond acceptors (Lipinski definition) is 1. The van der Waals surface area contributed by atoms with Gasteiger partial charge in [-0.25, -0.2) is 0 Å². The molecule has 0 unspecified atom stereocenters. The standard InChI is InChI=1S/C12H14O/c1-4-6-8-11(3)9-10-12(13)7-5-2/h4,6,8H,1,3,9-10H2,2H3/b8-6-. The van der Waals surface area contributed by atoms with E-state index >= 15 is 0 Å². The summed E-state index contributed by atoms with van der Waals surface area (Å²) in [6.07, 6.45) is 6.44. The fourth-order valence-electron chi connectivity index (χ4n) is 0.763. The van der Waals surface area contributed by atoms with Crippen LogP contribution in [0.3, 0.4) is 0 Å². The van der Waals surface area contributed by atoms with Gasteiger partial charge in [-0.1, -0.05) is 42.9 Å². The topological polar surface area (TPSA) is 17.1 Å². The number of Topliss-reactive ketones (excluding diaryl/α,β-unsaturated/α-hetero) is 1. The van der Waals surface area contributed by atoms with E-state index in [-0.39, 0.29) is 5.78 Å². The number of carbonyl (C=O) groups is 1. The molecule has 0 rings (SSSR count). The predicted octanol–water partition coefficient (Wildman–Crippen LogP) is 2.66. The Kier molecular flexibility index (Phi) is 6.27. The quantitative estimate of drug-likeness (QED) is 0.356. The molecule has 0 aromatic rings. The third-order valence-corrected chi connectivity index (χ3v) is 1.41. The van der Waals surface area contributed by atoms with Gasteiger partial charge in [-0.2, -0.15) is 0 Å². The molecule has 0 spiro atoms. The van der Waals surface area contributed by atoms with E-state index in [0.29, 0.717) is 12.8 Å². The van der Waals surface area contributed by atoms with Gasteiger partial charge in [0.2, 0.25) is 5.78 Å². The molecule has 0 fully saturated rings. The highest BCUT2D eigenvalue weighted by molar-refractivity contribution is 5.95. The summed E-state index contributed by atoms with van der Waals surface area (Å²) < 4.78 is 0. The van der Waals surface area contributed by atoms with E-state index in [1.165, 1.54) is 0 Å².